The number of ether oxygens (including phenoxy) is 4. The van der Waals surface area contributed by atoms with Gasteiger partial charge in [0.05, 0.1) is 29.6 Å². The van der Waals surface area contributed by atoms with Gasteiger partial charge in [-0.15, -0.1) is 0 Å². The van der Waals surface area contributed by atoms with Gasteiger partial charge in [0.1, 0.15) is 18.1 Å². The molecule has 0 N–H and O–H groups in total. The minimum Gasteiger partial charge on any atom is -0.497 e. The molecule has 0 saturated heterocycles. The van der Waals surface area contributed by atoms with Crippen LogP contribution >= 0.6 is 0 Å². The van der Waals surface area contributed by atoms with Crippen molar-refractivity contribution in [2.24, 2.45) is 16.3 Å². The zero-order valence-electron chi connectivity index (χ0n) is 21.6. The fourth-order valence-corrected chi connectivity index (χ4v) is 5.50. The van der Waals surface area contributed by atoms with E-state index < -0.39 is 22.7 Å². The van der Waals surface area contributed by atoms with Gasteiger partial charge in [0, 0.05) is 29.3 Å². The van der Waals surface area contributed by atoms with Crippen LogP contribution in [0.15, 0.2) is 52.7 Å². The lowest BCUT2D eigenvalue weighted by Gasteiger charge is -2.40. The fraction of sp³-hybridized carbons (Fsp3) is 0.393. The van der Waals surface area contributed by atoms with Crippen molar-refractivity contribution >= 4 is 23.2 Å². The number of carbonyl (C=O) groups is 2. The molecule has 0 bridgehead atoms. The van der Waals surface area contributed by atoms with Crippen molar-refractivity contribution in [3.63, 3.8) is 0 Å². The number of ketones is 1. The Morgan fingerprint density at radius 1 is 1.13 bits per heavy atom. The molecule has 2 atom stereocenters. The average molecular weight is 521 g/mol. The molecule has 10 nitrogen and oxygen atoms in total. The Morgan fingerprint density at radius 3 is 2.47 bits per heavy atom. The minimum atomic E-state index is -0.954. The average Bonchev–Trinajstić information content (AvgIpc) is 3.33. The van der Waals surface area contributed by atoms with Crippen LogP contribution in [-0.2, 0) is 20.9 Å². The highest BCUT2D eigenvalue weighted by Crippen LogP contribution is 2.51. The second kappa shape index (κ2) is 9.59. The van der Waals surface area contributed by atoms with Crippen LogP contribution in [0, 0.1) is 21.4 Å². The fourth-order valence-electron chi connectivity index (χ4n) is 5.50. The molecule has 10 heteroatoms. The number of hydrogen-bond acceptors (Lipinski definition) is 9. The quantitative estimate of drug-likeness (QED) is 0.299. The Labute approximate surface area is 219 Å². The van der Waals surface area contributed by atoms with E-state index in [2.05, 4.69) is 4.99 Å². The molecule has 0 radical (unpaired) electrons. The summed E-state index contributed by atoms with van der Waals surface area (Å²) in [5.74, 6) is -1.35. The van der Waals surface area contributed by atoms with Crippen molar-refractivity contribution in [1.82, 2.24) is 0 Å². The number of nitro benzene ring substituents is 1. The van der Waals surface area contributed by atoms with Crippen LogP contribution in [-0.4, -0.2) is 36.3 Å². The summed E-state index contributed by atoms with van der Waals surface area (Å²) >= 11 is 0. The van der Waals surface area contributed by atoms with Crippen LogP contribution in [0.5, 0.6) is 17.2 Å². The van der Waals surface area contributed by atoms with Gasteiger partial charge < -0.3 is 18.9 Å². The predicted octanol–water partition coefficient (Wildman–Crippen LogP) is 4.89. The summed E-state index contributed by atoms with van der Waals surface area (Å²) in [6.45, 7) is 5.54. The Morgan fingerprint density at radius 2 is 1.82 bits per heavy atom. The molecular formula is C28H28N2O8. The van der Waals surface area contributed by atoms with Crippen molar-refractivity contribution in [3.8, 4) is 17.2 Å². The number of aliphatic imine (C=N–C) groups is 1. The monoisotopic (exact) mass is 520 g/mol. The van der Waals surface area contributed by atoms with Gasteiger partial charge in [0.2, 0.25) is 6.79 Å². The molecule has 1 aliphatic carbocycles. The van der Waals surface area contributed by atoms with Crippen molar-refractivity contribution in [1.29, 1.82) is 0 Å². The zero-order valence-corrected chi connectivity index (χ0v) is 21.6. The molecule has 0 aromatic heterocycles. The van der Waals surface area contributed by atoms with Gasteiger partial charge in [-0.1, -0.05) is 26.0 Å². The van der Waals surface area contributed by atoms with Crippen molar-refractivity contribution < 1.29 is 33.5 Å². The van der Waals surface area contributed by atoms with E-state index in [1.807, 2.05) is 13.8 Å². The van der Waals surface area contributed by atoms with E-state index in [1.165, 1.54) is 12.1 Å². The molecule has 0 amide bonds. The van der Waals surface area contributed by atoms with Gasteiger partial charge in [-0.05, 0) is 42.5 Å². The number of nitro groups is 1. The second-order valence-electron chi connectivity index (χ2n) is 10.5. The smallest absolute Gasteiger partial charge is 0.336 e. The number of allylic oxidation sites excluding steroid dienone is 1. The number of esters is 1. The standard InChI is InChI=1S/C28H28N2O8/c1-15-24(27(32)36-13-16-5-7-17(35-4)8-6-16)25(26-19(29-15)11-28(2,3)12-21(26)31)18-9-22-23(38-14-37-22)10-20(18)30(33)34/h5-10,25-26H,11-14H2,1-4H3. The number of hydrogen-bond donors (Lipinski definition) is 0. The number of methoxy groups -OCH3 is 1. The number of Topliss-reactive ketones (excluding diaryl/α,β-unsaturated/α-hetero) is 1. The Hall–Kier alpha value is -4.21. The van der Waals surface area contributed by atoms with Crippen LogP contribution in [0.25, 0.3) is 0 Å². The maximum absolute atomic E-state index is 13.6. The van der Waals surface area contributed by atoms with E-state index in [0.717, 1.165) is 5.56 Å². The second-order valence-corrected chi connectivity index (χ2v) is 10.5. The Bertz CT molecular complexity index is 1390. The third-order valence-electron chi connectivity index (χ3n) is 7.17. The highest BCUT2D eigenvalue weighted by atomic mass is 16.7. The number of nitrogens with zero attached hydrogens (tertiary/aromatic N) is 2. The summed E-state index contributed by atoms with van der Waals surface area (Å²) in [7, 11) is 1.56. The van der Waals surface area contributed by atoms with Gasteiger partial charge in [-0.3, -0.25) is 19.9 Å². The van der Waals surface area contributed by atoms with Crippen LogP contribution in [0.4, 0.5) is 5.69 Å². The number of benzene rings is 2. The highest BCUT2D eigenvalue weighted by molar-refractivity contribution is 6.12. The highest BCUT2D eigenvalue weighted by Gasteiger charge is 2.49. The minimum absolute atomic E-state index is 0.0300. The van der Waals surface area contributed by atoms with E-state index in [1.54, 1.807) is 38.3 Å². The maximum Gasteiger partial charge on any atom is 0.336 e. The molecule has 38 heavy (non-hydrogen) atoms. The van der Waals surface area contributed by atoms with Gasteiger partial charge in [-0.25, -0.2) is 4.79 Å². The van der Waals surface area contributed by atoms with Gasteiger partial charge in [0.25, 0.3) is 5.69 Å². The van der Waals surface area contributed by atoms with Gasteiger partial charge in [-0.2, -0.15) is 0 Å². The summed E-state index contributed by atoms with van der Waals surface area (Å²) in [6.07, 6.45) is 0.794. The summed E-state index contributed by atoms with van der Waals surface area (Å²) in [5.41, 5.74) is 1.48. The number of rotatable bonds is 6. The molecule has 2 aromatic rings. The summed E-state index contributed by atoms with van der Waals surface area (Å²) in [4.78, 5) is 43.5. The molecule has 1 saturated carbocycles. The lowest BCUT2D eigenvalue weighted by Crippen LogP contribution is -2.44. The van der Waals surface area contributed by atoms with Crippen LogP contribution in [0.3, 0.4) is 0 Å². The SMILES string of the molecule is COc1ccc(COC(=O)C2=C(C)N=C3CC(C)(C)CC(=O)C3C2c2cc3c(cc2[N+](=O)[O-])OCO3)cc1. The summed E-state index contributed by atoms with van der Waals surface area (Å²) in [6, 6.07) is 9.86. The Kier molecular flexibility index (Phi) is 6.42. The lowest BCUT2D eigenvalue weighted by atomic mass is 9.63. The first-order chi connectivity index (χ1) is 18.1. The van der Waals surface area contributed by atoms with Crippen molar-refractivity contribution in [2.75, 3.05) is 13.9 Å². The lowest BCUT2D eigenvalue weighted by molar-refractivity contribution is -0.385. The van der Waals surface area contributed by atoms with E-state index in [9.17, 15) is 19.7 Å². The third kappa shape index (κ3) is 4.62. The van der Waals surface area contributed by atoms with E-state index in [4.69, 9.17) is 18.9 Å². The van der Waals surface area contributed by atoms with Crippen molar-refractivity contribution in [2.45, 2.75) is 46.1 Å². The summed E-state index contributed by atoms with van der Waals surface area (Å²) < 4.78 is 21.7. The third-order valence-corrected chi connectivity index (χ3v) is 7.17. The first-order valence-corrected chi connectivity index (χ1v) is 12.3. The van der Waals surface area contributed by atoms with Crippen LogP contribution < -0.4 is 14.2 Å². The van der Waals surface area contributed by atoms with E-state index in [0.29, 0.717) is 29.3 Å². The molecule has 0 spiro atoms. The number of fused-ring (bicyclic) bond motifs is 2. The predicted molar refractivity (Wildman–Crippen MR) is 136 cm³/mol. The molecule has 1 fully saturated rings. The van der Waals surface area contributed by atoms with Crippen molar-refractivity contribution in [3.05, 3.63) is 68.9 Å². The molecule has 2 aliphatic heterocycles. The molecule has 198 valence electrons. The van der Waals surface area contributed by atoms with Crippen LogP contribution in [0.1, 0.15) is 50.7 Å². The van der Waals surface area contributed by atoms with Gasteiger partial charge >= 0.3 is 5.97 Å². The van der Waals surface area contributed by atoms with E-state index >= 15 is 0 Å². The van der Waals surface area contributed by atoms with Crippen LogP contribution in [0.2, 0.25) is 0 Å². The summed E-state index contributed by atoms with van der Waals surface area (Å²) in [5, 5.41) is 12.2. The molecule has 2 heterocycles. The molecule has 2 unspecified atom stereocenters. The topological polar surface area (TPSA) is 127 Å². The molecule has 5 rings (SSSR count). The van der Waals surface area contributed by atoms with Gasteiger partial charge in [0.15, 0.2) is 11.5 Å². The molecule has 2 aromatic carbocycles. The zero-order chi connectivity index (χ0) is 27.2. The largest absolute Gasteiger partial charge is 0.497 e. The first-order valence-electron chi connectivity index (χ1n) is 12.3. The maximum atomic E-state index is 13.6. The Balaban J connectivity index is 1.59. The van der Waals surface area contributed by atoms with E-state index in [-0.39, 0.29) is 53.6 Å². The molecular weight excluding hydrogens is 492 g/mol. The number of carbonyl (C=O) groups excluding carboxylic acids is 2. The normalized spacial score (nSPS) is 21.5. The first kappa shape index (κ1) is 25.4. The molecule has 3 aliphatic rings.